The molecule has 5 heteroatoms. The molecule has 0 bridgehead atoms. The Labute approximate surface area is 139 Å². The van der Waals surface area contributed by atoms with Gasteiger partial charge in [-0.3, -0.25) is 4.79 Å². The first-order valence-corrected chi connectivity index (χ1v) is 9.27. The molecule has 0 amide bonds. The van der Waals surface area contributed by atoms with Gasteiger partial charge in [0, 0.05) is 11.7 Å². The molecule has 0 radical (unpaired) electrons. The van der Waals surface area contributed by atoms with E-state index in [0.717, 1.165) is 29.1 Å². The van der Waals surface area contributed by atoms with Gasteiger partial charge in [0.05, 0.1) is 16.6 Å². The van der Waals surface area contributed by atoms with Gasteiger partial charge in [-0.15, -0.1) is 11.3 Å². The standard InChI is InChI=1S/C18H22N2O2S/c1-10(2)14-9-13-15(16(21)12-7-8-23-17(12)19-13)18(22)20(14)11-5-3-4-6-11/h7-11,18,22H,3-6H2,1-2H3,(H,19,21). The average molecular weight is 330 g/mol. The number of thiophene rings is 1. The van der Waals surface area contributed by atoms with Crippen LogP contribution < -0.4 is 5.43 Å². The zero-order valence-corrected chi connectivity index (χ0v) is 14.3. The highest BCUT2D eigenvalue weighted by Gasteiger charge is 2.36. The van der Waals surface area contributed by atoms with Gasteiger partial charge in [0.2, 0.25) is 0 Å². The van der Waals surface area contributed by atoms with Crippen molar-refractivity contribution in [2.75, 3.05) is 0 Å². The third kappa shape index (κ3) is 2.25. The monoisotopic (exact) mass is 330 g/mol. The van der Waals surface area contributed by atoms with Gasteiger partial charge < -0.3 is 15.0 Å². The Kier molecular flexibility index (Phi) is 3.58. The second-order valence-corrected chi connectivity index (χ2v) is 7.80. The van der Waals surface area contributed by atoms with E-state index in [-0.39, 0.29) is 5.43 Å². The Morgan fingerprint density at radius 2 is 2.09 bits per heavy atom. The van der Waals surface area contributed by atoms with Crippen LogP contribution in [0.25, 0.3) is 16.3 Å². The molecule has 0 aromatic carbocycles. The van der Waals surface area contributed by atoms with Crippen molar-refractivity contribution >= 4 is 27.6 Å². The summed E-state index contributed by atoms with van der Waals surface area (Å²) < 4.78 is 0. The Balaban J connectivity index is 1.93. The summed E-state index contributed by atoms with van der Waals surface area (Å²) in [5.41, 5.74) is 2.37. The second-order valence-electron chi connectivity index (χ2n) is 6.89. The molecule has 1 aliphatic heterocycles. The third-order valence-electron chi connectivity index (χ3n) is 5.11. The molecule has 1 fully saturated rings. The molecule has 1 unspecified atom stereocenters. The van der Waals surface area contributed by atoms with Crippen LogP contribution in [0.5, 0.6) is 0 Å². The van der Waals surface area contributed by atoms with Crippen molar-refractivity contribution in [2.45, 2.75) is 51.8 Å². The van der Waals surface area contributed by atoms with Gasteiger partial charge >= 0.3 is 0 Å². The number of H-pyrrole nitrogens is 1. The van der Waals surface area contributed by atoms with E-state index in [0.29, 0.717) is 22.9 Å². The number of aliphatic hydroxyl groups is 1. The third-order valence-corrected chi connectivity index (χ3v) is 5.94. The highest BCUT2D eigenvalue weighted by Crippen LogP contribution is 2.40. The number of allylic oxidation sites excluding steroid dienone is 1. The molecule has 1 saturated carbocycles. The largest absolute Gasteiger partial charge is 0.369 e. The summed E-state index contributed by atoms with van der Waals surface area (Å²) in [5.74, 6) is 0.306. The molecule has 0 saturated heterocycles. The number of rotatable bonds is 2. The van der Waals surface area contributed by atoms with E-state index in [1.54, 1.807) is 0 Å². The summed E-state index contributed by atoms with van der Waals surface area (Å²) in [6, 6.07) is 2.18. The molecule has 3 heterocycles. The Hall–Kier alpha value is -1.59. The van der Waals surface area contributed by atoms with Crippen molar-refractivity contribution in [3.05, 3.63) is 38.6 Å². The summed E-state index contributed by atoms with van der Waals surface area (Å²) >= 11 is 1.53. The molecule has 1 atom stereocenters. The number of hydrogen-bond donors (Lipinski definition) is 2. The topological polar surface area (TPSA) is 56.3 Å². The zero-order chi connectivity index (χ0) is 16.1. The molecule has 4 nitrogen and oxygen atoms in total. The van der Waals surface area contributed by atoms with E-state index in [9.17, 15) is 9.90 Å². The number of aromatic amines is 1. The number of aliphatic hydroxyl groups excluding tert-OH is 1. The van der Waals surface area contributed by atoms with Gasteiger partial charge in [-0.05, 0) is 36.3 Å². The maximum Gasteiger partial charge on any atom is 0.198 e. The number of aromatic nitrogens is 1. The zero-order valence-electron chi connectivity index (χ0n) is 13.5. The number of pyridine rings is 1. The van der Waals surface area contributed by atoms with Crippen LogP contribution >= 0.6 is 11.3 Å². The van der Waals surface area contributed by atoms with Gasteiger partial charge in [0.25, 0.3) is 0 Å². The predicted molar refractivity (Wildman–Crippen MR) is 94.3 cm³/mol. The highest BCUT2D eigenvalue weighted by atomic mass is 32.1. The second kappa shape index (κ2) is 5.49. The molecule has 122 valence electrons. The highest BCUT2D eigenvalue weighted by molar-refractivity contribution is 7.16. The normalized spacial score (nSPS) is 22.0. The average Bonchev–Trinajstić information content (AvgIpc) is 3.17. The smallest absolute Gasteiger partial charge is 0.198 e. The molecule has 0 spiro atoms. The van der Waals surface area contributed by atoms with Gasteiger partial charge in [-0.25, -0.2) is 0 Å². The lowest BCUT2D eigenvalue weighted by Gasteiger charge is -2.41. The van der Waals surface area contributed by atoms with Crippen LogP contribution in [-0.2, 0) is 0 Å². The van der Waals surface area contributed by atoms with E-state index >= 15 is 0 Å². The first kappa shape index (κ1) is 15.0. The van der Waals surface area contributed by atoms with Gasteiger partial charge in [-0.2, -0.15) is 0 Å². The first-order valence-electron chi connectivity index (χ1n) is 8.39. The Morgan fingerprint density at radius 3 is 2.78 bits per heavy atom. The van der Waals surface area contributed by atoms with E-state index in [4.69, 9.17) is 0 Å². The summed E-state index contributed by atoms with van der Waals surface area (Å²) in [5, 5.41) is 13.6. The first-order chi connectivity index (χ1) is 11.1. The van der Waals surface area contributed by atoms with Crippen LogP contribution in [0, 0.1) is 5.92 Å². The van der Waals surface area contributed by atoms with E-state index in [2.05, 4.69) is 29.8 Å². The van der Waals surface area contributed by atoms with Crippen LogP contribution in [0.2, 0.25) is 0 Å². The van der Waals surface area contributed by atoms with Gasteiger partial charge in [0.15, 0.2) is 11.7 Å². The summed E-state index contributed by atoms with van der Waals surface area (Å²) in [6.07, 6.45) is 5.82. The molecule has 2 aromatic heterocycles. The van der Waals surface area contributed by atoms with Crippen molar-refractivity contribution in [2.24, 2.45) is 5.92 Å². The quantitative estimate of drug-likeness (QED) is 0.880. The summed E-state index contributed by atoms with van der Waals surface area (Å²) in [6.45, 7) is 4.29. The number of hydrogen-bond acceptors (Lipinski definition) is 4. The van der Waals surface area contributed by atoms with Crippen molar-refractivity contribution < 1.29 is 5.11 Å². The minimum absolute atomic E-state index is 0.0375. The van der Waals surface area contributed by atoms with E-state index < -0.39 is 6.23 Å². The minimum Gasteiger partial charge on any atom is -0.369 e. The van der Waals surface area contributed by atoms with Gasteiger partial charge in [-0.1, -0.05) is 26.7 Å². The van der Waals surface area contributed by atoms with Crippen LogP contribution in [0.4, 0.5) is 0 Å². The summed E-state index contributed by atoms with van der Waals surface area (Å²) in [4.78, 5) is 19.2. The fourth-order valence-corrected chi connectivity index (χ4v) is 4.77. The van der Waals surface area contributed by atoms with Crippen LogP contribution in [0.15, 0.2) is 21.9 Å². The lowest BCUT2D eigenvalue weighted by Crippen LogP contribution is -2.42. The molecular weight excluding hydrogens is 308 g/mol. The van der Waals surface area contributed by atoms with Crippen molar-refractivity contribution in [1.29, 1.82) is 0 Å². The van der Waals surface area contributed by atoms with Crippen molar-refractivity contribution in [1.82, 2.24) is 9.88 Å². The van der Waals surface area contributed by atoms with Crippen molar-refractivity contribution in [3.8, 4) is 0 Å². The predicted octanol–water partition coefficient (Wildman–Crippen LogP) is 3.84. The van der Waals surface area contributed by atoms with Gasteiger partial charge in [0.1, 0.15) is 4.83 Å². The van der Waals surface area contributed by atoms with E-state index in [1.165, 1.54) is 24.2 Å². The van der Waals surface area contributed by atoms with Crippen molar-refractivity contribution in [3.63, 3.8) is 0 Å². The van der Waals surface area contributed by atoms with Crippen LogP contribution in [-0.4, -0.2) is 21.0 Å². The molecule has 4 rings (SSSR count). The maximum atomic E-state index is 12.9. The van der Waals surface area contributed by atoms with Crippen LogP contribution in [0.1, 0.15) is 57.0 Å². The maximum absolute atomic E-state index is 12.9. The number of nitrogens with one attached hydrogen (secondary N) is 1. The van der Waals surface area contributed by atoms with E-state index in [1.807, 2.05) is 11.4 Å². The Morgan fingerprint density at radius 1 is 1.35 bits per heavy atom. The molecule has 1 aliphatic carbocycles. The molecular formula is C18H22N2O2S. The summed E-state index contributed by atoms with van der Waals surface area (Å²) in [7, 11) is 0. The molecule has 2 aliphatic rings. The van der Waals surface area contributed by atoms with Crippen LogP contribution in [0.3, 0.4) is 0 Å². The minimum atomic E-state index is -0.844. The molecule has 2 aromatic rings. The molecule has 2 N–H and O–H groups in total. The SMILES string of the molecule is CC(C)C1=Cc2[nH]c3sccc3c(=O)c2C(O)N1C1CCCC1. The number of nitrogens with zero attached hydrogens (tertiary/aromatic N) is 1. The fraction of sp³-hybridized carbons (Fsp3) is 0.500. The lowest BCUT2D eigenvalue weighted by atomic mass is 9.95. The molecule has 23 heavy (non-hydrogen) atoms. The fourth-order valence-electron chi connectivity index (χ4n) is 3.97. The Bertz CT molecular complexity index is 827. The lowest BCUT2D eigenvalue weighted by molar-refractivity contribution is -0.00901. The number of fused-ring (bicyclic) bond motifs is 2.